The van der Waals surface area contributed by atoms with E-state index in [-0.39, 0.29) is 0 Å². The summed E-state index contributed by atoms with van der Waals surface area (Å²) in [6.07, 6.45) is 0. The summed E-state index contributed by atoms with van der Waals surface area (Å²) in [7, 11) is 2.04. The number of hydrogen-bond acceptors (Lipinski definition) is 3. The van der Waals surface area contributed by atoms with Gasteiger partial charge in [0.15, 0.2) is 0 Å². The zero-order valence-corrected chi connectivity index (χ0v) is 14.8. The molecule has 0 aliphatic heterocycles. The van der Waals surface area contributed by atoms with Crippen molar-refractivity contribution < 1.29 is 0 Å². The van der Waals surface area contributed by atoms with E-state index in [1.165, 1.54) is 10.4 Å². The van der Waals surface area contributed by atoms with E-state index < -0.39 is 0 Å². The zero-order chi connectivity index (χ0) is 15.4. The molecule has 0 saturated heterocycles. The third kappa shape index (κ3) is 4.36. The number of nitrogens with zero attached hydrogens (tertiary/aromatic N) is 1. The molecule has 0 saturated carbocycles. The molecule has 0 aliphatic rings. The van der Waals surface area contributed by atoms with E-state index in [0.29, 0.717) is 6.04 Å². The summed E-state index contributed by atoms with van der Waals surface area (Å²) in [5.41, 5.74) is 2.24. The summed E-state index contributed by atoms with van der Waals surface area (Å²) in [5, 5.41) is 4.18. The number of halogens is 2. The number of anilines is 1. The fourth-order valence-corrected chi connectivity index (χ4v) is 3.76. The van der Waals surface area contributed by atoms with Crippen LogP contribution in [0, 0.1) is 0 Å². The van der Waals surface area contributed by atoms with Crippen LogP contribution in [0.5, 0.6) is 0 Å². The Bertz CT molecular complexity index is 598. The number of thiophene rings is 1. The molecule has 5 heteroatoms. The van der Waals surface area contributed by atoms with E-state index in [9.17, 15) is 0 Å². The normalized spacial score (nSPS) is 12.4. The molecule has 114 valence electrons. The van der Waals surface area contributed by atoms with Crippen LogP contribution in [0.4, 0.5) is 5.69 Å². The molecule has 21 heavy (non-hydrogen) atoms. The molecule has 2 aromatic rings. The van der Waals surface area contributed by atoms with Gasteiger partial charge in [-0.15, -0.1) is 11.3 Å². The first kappa shape index (κ1) is 16.6. The number of benzene rings is 1. The lowest BCUT2D eigenvalue weighted by Gasteiger charge is -2.21. The third-order valence-corrected chi connectivity index (χ3v) is 4.93. The van der Waals surface area contributed by atoms with Gasteiger partial charge in [-0.1, -0.05) is 36.2 Å². The maximum atomic E-state index is 6.45. The fourth-order valence-electron chi connectivity index (χ4n) is 2.28. The van der Waals surface area contributed by atoms with Crippen LogP contribution in [0.3, 0.4) is 0 Å². The molecule has 1 heterocycles. The second-order valence-corrected chi connectivity index (χ2v) is 7.26. The molecule has 0 amide bonds. The van der Waals surface area contributed by atoms with Gasteiger partial charge in [-0.2, -0.15) is 0 Å². The van der Waals surface area contributed by atoms with E-state index in [1.54, 1.807) is 11.3 Å². The third-order valence-electron chi connectivity index (χ3n) is 3.42. The molecule has 2 rings (SSSR count). The lowest BCUT2D eigenvalue weighted by Crippen LogP contribution is -2.19. The van der Waals surface area contributed by atoms with Crippen molar-refractivity contribution in [3.63, 3.8) is 0 Å². The Morgan fingerprint density at radius 2 is 2.00 bits per heavy atom. The molecule has 1 aromatic carbocycles. The van der Waals surface area contributed by atoms with Crippen molar-refractivity contribution in [2.24, 2.45) is 0 Å². The van der Waals surface area contributed by atoms with E-state index in [1.807, 2.05) is 19.2 Å². The van der Waals surface area contributed by atoms with Crippen molar-refractivity contribution in [2.75, 3.05) is 18.5 Å². The minimum atomic E-state index is 0.308. The topological polar surface area (TPSA) is 15.3 Å². The van der Waals surface area contributed by atoms with Gasteiger partial charge in [0.1, 0.15) is 0 Å². The maximum Gasteiger partial charge on any atom is 0.0931 e. The highest BCUT2D eigenvalue weighted by atomic mass is 35.5. The summed E-state index contributed by atoms with van der Waals surface area (Å²) in [5.74, 6) is 0. The van der Waals surface area contributed by atoms with E-state index in [2.05, 4.69) is 42.3 Å². The average molecular weight is 343 g/mol. The van der Waals surface area contributed by atoms with Gasteiger partial charge in [-0.3, -0.25) is 0 Å². The highest BCUT2D eigenvalue weighted by Crippen LogP contribution is 2.30. The number of nitrogens with one attached hydrogen (secondary N) is 1. The smallest absolute Gasteiger partial charge is 0.0931 e. The molecule has 1 N–H and O–H groups in total. The monoisotopic (exact) mass is 342 g/mol. The van der Waals surface area contributed by atoms with Gasteiger partial charge >= 0.3 is 0 Å². The Kier molecular flexibility index (Phi) is 5.94. The zero-order valence-electron chi connectivity index (χ0n) is 12.5. The molecule has 1 unspecified atom stereocenters. The molecule has 0 bridgehead atoms. The Balaban J connectivity index is 2.12. The van der Waals surface area contributed by atoms with Gasteiger partial charge < -0.3 is 10.2 Å². The summed E-state index contributed by atoms with van der Waals surface area (Å²) in [4.78, 5) is 3.37. The first-order valence-electron chi connectivity index (χ1n) is 6.99. The van der Waals surface area contributed by atoms with Crippen LogP contribution in [0.15, 0.2) is 30.3 Å². The Morgan fingerprint density at radius 1 is 1.24 bits per heavy atom. The van der Waals surface area contributed by atoms with Crippen LogP contribution in [0.25, 0.3) is 0 Å². The Labute approximate surface area is 140 Å². The Morgan fingerprint density at radius 3 is 2.57 bits per heavy atom. The fraction of sp³-hybridized carbons (Fsp3) is 0.375. The molecule has 2 nitrogen and oxygen atoms in total. The molecule has 0 aliphatic carbocycles. The van der Waals surface area contributed by atoms with E-state index >= 15 is 0 Å². The summed E-state index contributed by atoms with van der Waals surface area (Å²) in [6, 6.07) is 10.6. The molecule has 0 fully saturated rings. The average Bonchev–Trinajstić information content (AvgIpc) is 2.84. The SMILES string of the molecule is CCNC(C)c1ccc(N(C)Cc2ccc(Cl)s2)c(Cl)c1. The second-order valence-electron chi connectivity index (χ2n) is 5.05. The minimum Gasteiger partial charge on any atom is -0.368 e. The van der Waals surface area contributed by atoms with Crippen molar-refractivity contribution in [3.8, 4) is 0 Å². The van der Waals surface area contributed by atoms with Gasteiger partial charge in [0.2, 0.25) is 0 Å². The first-order valence-corrected chi connectivity index (χ1v) is 8.56. The largest absolute Gasteiger partial charge is 0.368 e. The van der Waals surface area contributed by atoms with Crippen molar-refractivity contribution in [1.29, 1.82) is 0 Å². The van der Waals surface area contributed by atoms with Crippen molar-refractivity contribution in [2.45, 2.75) is 26.4 Å². The quantitative estimate of drug-likeness (QED) is 0.759. The molecule has 0 radical (unpaired) electrons. The second kappa shape index (κ2) is 7.50. The van der Waals surface area contributed by atoms with Gasteiger partial charge in [-0.05, 0) is 43.3 Å². The van der Waals surface area contributed by atoms with E-state index in [0.717, 1.165) is 28.1 Å². The lowest BCUT2D eigenvalue weighted by molar-refractivity contribution is 0.598. The van der Waals surface area contributed by atoms with Crippen molar-refractivity contribution in [3.05, 3.63) is 50.1 Å². The predicted molar refractivity (Wildman–Crippen MR) is 95.0 cm³/mol. The van der Waals surface area contributed by atoms with Crippen molar-refractivity contribution in [1.82, 2.24) is 5.32 Å². The van der Waals surface area contributed by atoms with Crippen LogP contribution in [0.1, 0.15) is 30.3 Å². The number of rotatable bonds is 6. The first-order chi connectivity index (χ1) is 10.0. The molecule has 1 aromatic heterocycles. The molecule has 0 spiro atoms. The minimum absolute atomic E-state index is 0.308. The number of hydrogen-bond donors (Lipinski definition) is 1. The molecular formula is C16H20Cl2N2S. The van der Waals surface area contributed by atoms with Crippen LogP contribution in [0.2, 0.25) is 9.36 Å². The van der Waals surface area contributed by atoms with Gasteiger partial charge in [0.05, 0.1) is 21.6 Å². The van der Waals surface area contributed by atoms with E-state index in [4.69, 9.17) is 23.2 Å². The van der Waals surface area contributed by atoms with Crippen LogP contribution >= 0.6 is 34.5 Å². The summed E-state index contributed by atoms with van der Waals surface area (Å²) in [6.45, 7) is 6.00. The lowest BCUT2D eigenvalue weighted by atomic mass is 10.1. The highest BCUT2D eigenvalue weighted by Gasteiger charge is 2.11. The maximum absolute atomic E-state index is 6.45. The standard InChI is InChI=1S/C16H20Cl2N2S/c1-4-19-11(2)12-5-7-15(14(17)9-12)20(3)10-13-6-8-16(18)21-13/h5-9,11,19H,4,10H2,1-3H3. The molecular weight excluding hydrogens is 323 g/mol. The van der Waals surface area contributed by atoms with Gasteiger partial charge in [0, 0.05) is 18.0 Å². The Hall–Kier alpha value is -0.740. The molecule has 1 atom stereocenters. The predicted octanol–water partition coefficient (Wildman–Crippen LogP) is 5.36. The highest BCUT2D eigenvalue weighted by molar-refractivity contribution is 7.16. The van der Waals surface area contributed by atoms with Crippen LogP contribution in [-0.4, -0.2) is 13.6 Å². The van der Waals surface area contributed by atoms with Gasteiger partial charge in [0.25, 0.3) is 0 Å². The summed E-state index contributed by atoms with van der Waals surface area (Å²) < 4.78 is 0.819. The van der Waals surface area contributed by atoms with Gasteiger partial charge in [-0.25, -0.2) is 0 Å². The van der Waals surface area contributed by atoms with Crippen LogP contribution < -0.4 is 10.2 Å². The van der Waals surface area contributed by atoms with Crippen LogP contribution in [-0.2, 0) is 6.54 Å². The van der Waals surface area contributed by atoms with Crippen molar-refractivity contribution >= 4 is 40.2 Å². The summed E-state index contributed by atoms with van der Waals surface area (Å²) >= 11 is 14.0.